The molecular formula is C28H38O4. The van der Waals surface area contributed by atoms with Gasteiger partial charge in [0, 0.05) is 6.61 Å². The zero-order valence-electron chi connectivity index (χ0n) is 19.8. The third-order valence-electron chi connectivity index (χ3n) is 6.80. The first-order valence-corrected chi connectivity index (χ1v) is 12.3. The summed E-state index contributed by atoms with van der Waals surface area (Å²) in [5.41, 5.74) is 3.63. The van der Waals surface area contributed by atoms with Crippen molar-refractivity contribution in [2.24, 2.45) is 11.8 Å². The molecule has 4 nitrogen and oxygen atoms in total. The molecule has 2 aromatic carbocycles. The summed E-state index contributed by atoms with van der Waals surface area (Å²) >= 11 is 0. The van der Waals surface area contributed by atoms with Crippen molar-refractivity contribution in [3.63, 3.8) is 0 Å². The van der Waals surface area contributed by atoms with Crippen molar-refractivity contribution >= 4 is 0 Å². The van der Waals surface area contributed by atoms with Crippen molar-refractivity contribution in [1.29, 1.82) is 0 Å². The molecule has 4 heteroatoms. The topological polar surface area (TPSA) is 43.5 Å². The zero-order chi connectivity index (χ0) is 22.3. The Morgan fingerprint density at radius 3 is 1.78 bits per heavy atom. The molecule has 0 amide bonds. The van der Waals surface area contributed by atoms with Gasteiger partial charge in [0.05, 0.1) is 38.1 Å². The summed E-state index contributed by atoms with van der Waals surface area (Å²) in [6, 6.07) is 17.1. The van der Waals surface area contributed by atoms with Crippen LogP contribution < -0.4 is 4.74 Å². The minimum Gasteiger partial charge on any atom is -0.494 e. The molecule has 174 valence electrons. The second-order valence-corrected chi connectivity index (χ2v) is 9.49. The van der Waals surface area contributed by atoms with Crippen LogP contribution in [0.5, 0.6) is 5.75 Å². The molecule has 0 N–H and O–H groups in total. The molecule has 2 saturated heterocycles. The van der Waals surface area contributed by atoms with E-state index in [1.54, 1.807) is 0 Å². The van der Waals surface area contributed by atoms with Gasteiger partial charge < -0.3 is 18.9 Å². The van der Waals surface area contributed by atoms with Gasteiger partial charge in [0.25, 0.3) is 0 Å². The van der Waals surface area contributed by atoms with Crippen LogP contribution in [0.1, 0.15) is 58.1 Å². The van der Waals surface area contributed by atoms with Crippen molar-refractivity contribution in [2.75, 3.05) is 26.4 Å². The van der Waals surface area contributed by atoms with Gasteiger partial charge in [-0.3, -0.25) is 0 Å². The maximum Gasteiger partial charge on any atom is 0.119 e. The summed E-state index contributed by atoms with van der Waals surface area (Å²) in [6.45, 7) is 10.1. The van der Waals surface area contributed by atoms with Crippen LogP contribution in [0.25, 0.3) is 11.1 Å². The Kier molecular flexibility index (Phi) is 8.23. The molecule has 5 unspecified atom stereocenters. The van der Waals surface area contributed by atoms with Crippen molar-refractivity contribution in [1.82, 2.24) is 0 Å². The van der Waals surface area contributed by atoms with Crippen LogP contribution in [0.4, 0.5) is 0 Å². The summed E-state index contributed by atoms with van der Waals surface area (Å²) in [6.07, 6.45) is 5.59. The van der Waals surface area contributed by atoms with Crippen LogP contribution in [0, 0.1) is 11.8 Å². The fraction of sp³-hybridized carbons (Fsp3) is 0.571. The van der Waals surface area contributed by atoms with Crippen LogP contribution in [0.15, 0.2) is 48.5 Å². The average molecular weight is 439 g/mol. The van der Waals surface area contributed by atoms with E-state index in [0.29, 0.717) is 24.0 Å². The molecule has 5 atom stereocenters. The van der Waals surface area contributed by atoms with Gasteiger partial charge >= 0.3 is 0 Å². The summed E-state index contributed by atoms with van der Waals surface area (Å²) in [5.74, 6) is 2.23. The van der Waals surface area contributed by atoms with Gasteiger partial charge in [-0.2, -0.15) is 0 Å². The predicted molar refractivity (Wildman–Crippen MR) is 128 cm³/mol. The third kappa shape index (κ3) is 7.06. The van der Waals surface area contributed by atoms with Gasteiger partial charge in [0.2, 0.25) is 0 Å². The van der Waals surface area contributed by atoms with Gasteiger partial charge in [-0.1, -0.05) is 50.2 Å². The smallest absolute Gasteiger partial charge is 0.119 e. The maximum atomic E-state index is 6.05. The number of hydrogen-bond acceptors (Lipinski definition) is 4. The molecule has 0 aliphatic carbocycles. The largest absolute Gasteiger partial charge is 0.494 e. The second kappa shape index (κ2) is 11.3. The summed E-state index contributed by atoms with van der Waals surface area (Å²) in [4.78, 5) is 0. The van der Waals surface area contributed by atoms with E-state index in [1.165, 1.54) is 23.1 Å². The molecule has 0 saturated carbocycles. The SMILES string of the molecule is CC(OCCCC(C)C1CO1)c1ccc(-c2ccc(OCCCC(C)C3CO3)cc2)cc1. The van der Waals surface area contributed by atoms with Gasteiger partial charge in [0.1, 0.15) is 5.75 Å². The second-order valence-electron chi connectivity index (χ2n) is 9.49. The lowest BCUT2D eigenvalue weighted by molar-refractivity contribution is 0.0605. The Bertz CT molecular complexity index is 808. The van der Waals surface area contributed by atoms with Crippen molar-refractivity contribution in [2.45, 2.75) is 64.8 Å². The highest BCUT2D eigenvalue weighted by atomic mass is 16.6. The lowest BCUT2D eigenvalue weighted by Gasteiger charge is -2.15. The van der Waals surface area contributed by atoms with Crippen molar-refractivity contribution in [3.05, 3.63) is 54.1 Å². The Morgan fingerprint density at radius 2 is 1.25 bits per heavy atom. The number of rotatable bonds is 14. The van der Waals surface area contributed by atoms with Gasteiger partial charge in [-0.05, 0) is 73.3 Å². The number of hydrogen-bond donors (Lipinski definition) is 0. The molecule has 2 aromatic rings. The Labute approximate surface area is 193 Å². The quantitative estimate of drug-likeness (QED) is 0.251. The molecule has 2 aliphatic heterocycles. The van der Waals surface area contributed by atoms with E-state index in [-0.39, 0.29) is 6.10 Å². The fourth-order valence-corrected chi connectivity index (χ4v) is 4.19. The molecule has 2 heterocycles. The standard InChI is InChI=1S/C28H38O4/c1-20(27-18-31-27)6-4-16-29-22(3)23-8-10-24(11-9-23)25-12-14-26(15-13-25)30-17-5-7-21(2)28-19-32-28/h8-15,20-22,27-28H,4-7,16-19H2,1-3H3. The molecule has 2 fully saturated rings. The Balaban J connectivity index is 1.18. The fourth-order valence-electron chi connectivity index (χ4n) is 4.19. The molecular weight excluding hydrogens is 400 g/mol. The number of ether oxygens (including phenoxy) is 4. The van der Waals surface area contributed by atoms with Crippen molar-refractivity contribution < 1.29 is 18.9 Å². The van der Waals surface area contributed by atoms with Gasteiger partial charge in [0.15, 0.2) is 0 Å². The van der Waals surface area contributed by atoms with E-state index >= 15 is 0 Å². The van der Waals surface area contributed by atoms with Crippen LogP contribution in [-0.2, 0) is 14.2 Å². The highest BCUT2D eigenvalue weighted by Crippen LogP contribution is 2.27. The molecule has 0 spiro atoms. The lowest BCUT2D eigenvalue weighted by atomic mass is 10.0. The van der Waals surface area contributed by atoms with Gasteiger partial charge in [-0.25, -0.2) is 0 Å². The normalized spacial score (nSPS) is 22.2. The predicted octanol–water partition coefficient (Wildman–Crippen LogP) is 6.44. The maximum absolute atomic E-state index is 6.05. The first kappa shape index (κ1) is 23.3. The van der Waals surface area contributed by atoms with Crippen LogP contribution in [0.3, 0.4) is 0 Å². The van der Waals surface area contributed by atoms with E-state index in [9.17, 15) is 0 Å². The Hall–Kier alpha value is -1.88. The summed E-state index contributed by atoms with van der Waals surface area (Å²) in [5, 5.41) is 0. The van der Waals surface area contributed by atoms with Gasteiger partial charge in [-0.15, -0.1) is 0 Å². The number of epoxide rings is 2. The summed E-state index contributed by atoms with van der Waals surface area (Å²) < 4.78 is 22.7. The first-order chi connectivity index (χ1) is 15.6. The minimum absolute atomic E-state index is 0.113. The molecule has 32 heavy (non-hydrogen) atoms. The Morgan fingerprint density at radius 1 is 0.750 bits per heavy atom. The van der Waals surface area contributed by atoms with E-state index < -0.39 is 0 Å². The number of benzene rings is 2. The summed E-state index contributed by atoms with van der Waals surface area (Å²) in [7, 11) is 0. The molecule has 2 aliphatic rings. The average Bonchev–Trinajstić information content (AvgIpc) is 3.72. The van der Waals surface area contributed by atoms with E-state index in [4.69, 9.17) is 18.9 Å². The zero-order valence-corrected chi connectivity index (χ0v) is 19.8. The first-order valence-electron chi connectivity index (χ1n) is 12.3. The van der Waals surface area contributed by atoms with Crippen LogP contribution in [-0.4, -0.2) is 38.6 Å². The molecule has 0 bridgehead atoms. The third-order valence-corrected chi connectivity index (χ3v) is 6.80. The molecule has 0 radical (unpaired) electrons. The molecule has 0 aromatic heterocycles. The monoisotopic (exact) mass is 438 g/mol. The lowest BCUT2D eigenvalue weighted by Crippen LogP contribution is -2.07. The van der Waals surface area contributed by atoms with Crippen LogP contribution in [0.2, 0.25) is 0 Å². The van der Waals surface area contributed by atoms with E-state index in [1.807, 2.05) is 0 Å². The van der Waals surface area contributed by atoms with Crippen LogP contribution >= 0.6 is 0 Å². The highest BCUT2D eigenvalue weighted by Gasteiger charge is 2.29. The van der Waals surface area contributed by atoms with Crippen molar-refractivity contribution in [3.8, 4) is 16.9 Å². The minimum atomic E-state index is 0.113. The highest BCUT2D eigenvalue weighted by molar-refractivity contribution is 5.64. The van der Waals surface area contributed by atoms with E-state index in [2.05, 4.69) is 69.3 Å². The molecule has 4 rings (SSSR count). The van der Waals surface area contributed by atoms with E-state index in [0.717, 1.165) is 51.4 Å².